The molecule has 0 aromatic heterocycles. The van der Waals surface area contributed by atoms with Crippen LogP contribution in [0.2, 0.25) is 0 Å². The smallest absolute Gasteiger partial charge is 0.244 e. The molecule has 0 bridgehead atoms. The Bertz CT molecular complexity index is 343. The molecule has 0 rings (SSSR count). The van der Waals surface area contributed by atoms with Crippen molar-refractivity contribution in [3.8, 4) is 0 Å². The molecule has 0 heterocycles. The van der Waals surface area contributed by atoms with Crippen LogP contribution in [0, 0.1) is 0 Å². The highest BCUT2D eigenvalue weighted by atomic mass is 32.1. The average molecular weight is 326 g/mol. The van der Waals surface area contributed by atoms with Gasteiger partial charge in [-0.25, -0.2) is 0 Å². The molecule has 19 heavy (non-hydrogen) atoms. The normalized spacial score (nSPS) is 15.2. The molecule has 0 spiro atoms. The van der Waals surface area contributed by atoms with E-state index < -0.39 is 35.8 Å². The third-order valence-electron chi connectivity index (χ3n) is 2.19. The summed E-state index contributed by atoms with van der Waals surface area (Å²) in [5.74, 6) is -1.55. The molecule has 10 heteroatoms. The van der Waals surface area contributed by atoms with Gasteiger partial charge >= 0.3 is 0 Å². The van der Waals surface area contributed by atoms with Crippen LogP contribution in [0.4, 0.5) is 0 Å². The predicted octanol–water partition coefficient (Wildman–Crippen LogP) is -2.44. The molecule has 0 aromatic rings. The zero-order valence-corrected chi connectivity index (χ0v) is 12.8. The standard InChI is InChI=1S/C9H18N4O3S3/c10-4(1-17)8(15)13-6(3-19)9(16)12-5(2-18)7(11)14/h4-6,17-19H,1-3,10H2,(H2,11,14)(H,12,16)(H,13,15)/t4-,5-,6-/m1/s1. The Hall–Kier alpha value is -0.580. The van der Waals surface area contributed by atoms with E-state index in [4.69, 9.17) is 11.5 Å². The van der Waals surface area contributed by atoms with E-state index >= 15 is 0 Å². The Balaban J connectivity index is 4.56. The van der Waals surface area contributed by atoms with Crippen LogP contribution in [0.25, 0.3) is 0 Å². The lowest BCUT2D eigenvalue weighted by Crippen LogP contribution is -2.56. The number of carbonyl (C=O) groups excluding carboxylic acids is 3. The number of hydrogen-bond donors (Lipinski definition) is 7. The van der Waals surface area contributed by atoms with Crippen LogP contribution in [-0.4, -0.2) is 53.1 Å². The van der Waals surface area contributed by atoms with Crippen LogP contribution in [0.1, 0.15) is 0 Å². The number of primary amides is 1. The Labute approximate surface area is 127 Å². The van der Waals surface area contributed by atoms with E-state index in [-0.39, 0.29) is 17.3 Å². The van der Waals surface area contributed by atoms with Crippen LogP contribution in [0.3, 0.4) is 0 Å². The number of nitrogens with one attached hydrogen (secondary N) is 2. The van der Waals surface area contributed by atoms with Gasteiger partial charge in [-0.05, 0) is 0 Å². The first-order valence-electron chi connectivity index (χ1n) is 5.35. The van der Waals surface area contributed by atoms with Crippen molar-refractivity contribution >= 4 is 55.6 Å². The fraction of sp³-hybridized carbons (Fsp3) is 0.667. The zero-order chi connectivity index (χ0) is 15.0. The summed E-state index contributed by atoms with van der Waals surface area (Å²) in [5, 5.41) is 4.77. The molecule has 7 nitrogen and oxygen atoms in total. The van der Waals surface area contributed by atoms with Crippen LogP contribution in [0.5, 0.6) is 0 Å². The molecule has 0 saturated carbocycles. The molecule has 0 aliphatic rings. The SMILES string of the molecule is NC(=O)[C@@H](CS)NC(=O)[C@@H](CS)NC(=O)[C@H](N)CS. The van der Waals surface area contributed by atoms with E-state index in [1.807, 2.05) is 0 Å². The van der Waals surface area contributed by atoms with Crippen molar-refractivity contribution in [1.29, 1.82) is 0 Å². The van der Waals surface area contributed by atoms with Crippen LogP contribution >= 0.6 is 37.9 Å². The summed E-state index contributed by atoms with van der Waals surface area (Å²) < 4.78 is 0. The minimum Gasteiger partial charge on any atom is -0.368 e. The summed E-state index contributed by atoms with van der Waals surface area (Å²) in [5.41, 5.74) is 10.5. The molecule has 0 fully saturated rings. The predicted molar refractivity (Wildman–Crippen MR) is 82.6 cm³/mol. The van der Waals surface area contributed by atoms with Crippen molar-refractivity contribution in [3.05, 3.63) is 0 Å². The second kappa shape index (κ2) is 9.34. The zero-order valence-electron chi connectivity index (χ0n) is 10.1. The van der Waals surface area contributed by atoms with Gasteiger partial charge in [0, 0.05) is 17.3 Å². The van der Waals surface area contributed by atoms with Crippen molar-refractivity contribution in [1.82, 2.24) is 10.6 Å². The third-order valence-corrected chi connectivity index (χ3v) is 3.32. The monoisotopic (exact) mass is 326 g/mol. The summed E-state index contributed by atoms with van der Waals surface area (Å²) in [6.07, 6.45) is 0. The molecule has 0 aliphatic carbocycles. The third kappa shape index (κ3) is 6.41. The minimum atomic E-state index is -0.913. The Morgan fingerprint density at radius 1 is 0.895 bits per heavy atom. The Morgan fingerprint density at radius 2 is 1.37 bits per heavy atom. The van der Waals surface area contributed by atoms with Gasteiger partial charge in [0.2, 0.25) is 17.7 Å². The van der Waals surface area contributed by atoms with Gasteiger partial charge in [-0.2, -0.15) is 37.9 Å². The molecule has 0 radical (unpaired) electrons. The molecular weight excluding hydrogens is 308 g/mol. The highest BCUT2D eigenvalue weighted by Gasteiger charge is 2.25. The summed E-state index contributed by atoms with van der Waals surface area (Å²) in [4.78, 5) is 34.3. The molecule has 0 saturated heterocycles. The number of thiol groups is 3. The molecular formula is C9H18N4O3S3. The molecule has 3 amide bonds. The van der Waals surface area contributed by atoms with E-state index in [0.717, 1.165) is 0 Å². The molecule has 3 atom stereocenters. The van der Waals surface area contributed by atoms with Gasteiger partial charge in [0.15, 0.2) is 0 Å². The fourth-order valence-electron chi connectivity index (χ4n) is 1.03. The summed E-state index contributed by atoms with van der Waals surface area (Å²) >= 11 is 11.7. The lowest BCUT2D eigenvalue weighted by Gasteiger charge is -2.20. The van der Waals surface area contributed by atoms with Crippen molar-refractivity contribution in [3.63, 3.8) is 0 Å². The van der Waals surface area contributed by atoms with E-state index in [1.165, 1.54) is 0 Å². The number of nitrogens with two attached hydrogens (primary N) is 2. The number of rotatable bonds is 8. The molecule has 0 aromatic carbocycles. The molecule has 0 unspecified atom stereocenters. The Morgan fingerprint density at radius 3 is 1.74 bits per heavy atom. The average Bonchev–Trinajstić information content (AvgIpc) is 2.39. The molecule has 6 N–H and O–H groups in total. The minimum absolute atomic E-state index is 0.0505. The largest absolute Gasteiger partial charge is 0.368 e. The van der Waals surface area contributed by atoms with E-state index in [0.29, 0.717) is 0 Å². The first-order chi connectivity index (χ1) is 8.87. The van der Waals surface area contributed by atoms with Gasteiger partial charge in [0.1, 0.15) is 12.1 Å². The highest BCUT2D eigenvalue weighted by Crippen LogP contribution is 1.95. The molecule has 110 valence electrons. The number of hydrogen-bond acceptors (Lipinski definition) is 7. The van der Waals surface area contributed by atoms with Crippen LogP contribution in [-0.2, 0) is 14.4 Å². The molecule has 0 aliphatic heterocycles. The quantitative estimate of drug-likeness (QED) is 0.250. The van der Waals surface area contributed by atoms with Gasteiger partial charge in [0.05, 0.1) is 6.04 Å². The van der Waals surface area contributed by atoms with E-state index in [1.54, 1.807) is 0 Å². The maximum absolute atomic E-state index is 11.8. The first-order valence-corrected chi connectivity index (χ1v) is 7.25. The first kappa shape index (κ1) is 18.4. The lowest BCUT2D eigenvalue weighted by atomic mass is 10.2. The van der Waals surface area contributed by atoms with Gasteiger partial charge in [0.25, 0.3) is 0 Å². The maximum Gasteiger partial charge on any atom is 0.244 e. The van der Waals surface area contributed by atoms with Crippen LogP contribution < -0.4 is 22.1 Å². The lowest BCUT2D eigenvalue weighted by molar-refractivity contribution is -0.130. The summed E-state index contributed by atoms with van der Waals surface area (Å²) in [6, 6.07) is -2.65. The summed E-state index contributed by atoms with van der Waals surface area (Å²) in [6.45, 7) is 0. The van der Waals surface area contributed by atoms with Crippen molar-refractivity contribution in [2.75, 3.05) is 17.3 Å². The van der Waals surface area contributed by atoms with E-state index in [2.05, 4.69) is 48.5 Å². The maximum atomic E-state index is 11.8. The van der Waals surface area contributed by atoms with Gasteiger partial charge in [-0.15, -0.1) is 0 Å². The number of amides is 3. The van der Waals surface area contributed by atoms with Crippen molar-refractivity contribution < 1.29 is 14.4 Å². The summed E-state index contributed by atoms with van der Waals surface area (Å²) in [7, 11) is 0. The van der Waals surface area contributed by atoms with E-state index in [9.17, 15) is 14.4 Å². The second-order valence-electron chi connectivity index (χ2n) is 3.68. The fourth-order valence-corrected chi connectivity index (χ4v) is 1.73. The van der Waals surface area contributed by atoms with Gasteiger partial charge in [-0.3, -0.25) is 14.4 Å². The number of carbonyl (C=O) groups is 3. The van der Waals surface area contributed by atoms with Crippen molar-refractivity contribution in [2.24, 2.45) is 11.5 Å². The van der Waals surface area contributed by atoms with Gasteiger partial charge in [-0.1, -0.05) is 0 Å². The Kier molecular flexibility index (Phi) is 9.06. The topological polar surface area (TPSA) is 127 Å². The van der Waals surface area contributed by atoms with Gasteiger partial charge < -0.3 is 22.1 Å². The highest BCUT2D eigenvalue weighted by molar-refractivity contribution is 7.80. The van der Waals surface area contributed by atoms with Crippen LogP contribution in [0.15, 0.2) is 0 Å². The second-order valence-corrected chi connectivity index (χ2v) is 4.77. The van der Waals surface area contributed by atoms with Crippen molar-refractivity contribution in [2.45, 2.75) is 18.1 Å².